The van der Waals surface area contributed by atoms with Crippen LogP contribution < -0.4 is 5.32 Å². The van der Waals surface area contributed by atoms with Gasteiger partial charge in [-0.1, -0.05) is 48.0 Å². The fourth-order valence-corrected chi connectivity index (χ4v) is 2.91. The summed E-state index contributed by atoms with van der Waals surface area (Å²) >= 11 is 11.4. The van der Waals surface area contributed by atoms with E-state index in [0.717, 1.165) is 36.2 Å². The molecule has 1 aliphatic heterocycles. The van der Waals surface area contributed by atoms with E-state index in [1.54, 1.807) is 0 Å². The summed E-state index contributed by atoms with van der Waals surface area (Å²) in [6, 6.07) is 16.4. The second-order valence-electron chi connectivity index (χ2n) is 5.23. The van der Waals surface area contributed by atoms with Crippen LogP contribution in [0.2, 0.25) is 5.02 Å². The molecule has 0 bridgehead atoms. The lowest BCUT2D eigenvalue weighted by Crippen LogP contribution is -2.42. The number of rotatable bonds is 2. The SMILES string of the molecule is S=C(NCc1ccc(Cl)cc1)N1CCc2ccccc2C1. The van der Waals surface area contributed by atoms with Crippen molar-refractivity contribution in [3.8, 4) is 0 Å². The standard InChI is InChI=1S/C17H17ClN2S/c18-16-7-5-13(6-8-16)11-19-17(21)20-10-9-14-3-1-2-4-15(14)12-20/h1-8H,9-12H2,(H,19,21). The smallest absolute Gasteiger partial charge is 0.169 e. The summed E-state index contributed by atoms with van der Waals surface area (Å²) in [7, 11) is 0. The first kappa shape index (κ1) is 14.4. The van der Waals surface area contributed by atoms with Gasteiger partial charge in [-0.05, 0) is 47.5 Å². The maximum absolute atomic E-state index is 5.89. The van der Waals surface area contributed by atoms with E-state index < -0.39 is 0 Å². The monoisotopic (exact) mass is 316 g/mol. The van der Waals surface area contributed by atoms with Crippen LogP contribution in [0.3, 0.4) is 0 Å². The molecule has 1 N–H and O–H groups in total. The Labute approximate surface area is 135 Å². The molecule has 1 aliphatic rings. The van der Waals surface area contributed by atoms with E-state index in [0.29, 0.717) is 0 Å². The van der Waals surface area contributed by atoms with E-state index in [1.807, 2.05) is 24.3 Å². The van der Waals surface area contributed by atoms with Crippen molar-refractivity contribution < 1.29 is 0 Å². The van der Waals surface area contributed by atoms with Gasteiger partial charge in [0.15, 0.2) is 5.11 Å². The van der Waals surface area contributed by atoms with Gasteiger partial charge in [0, 0.05) is 24.7 Å². The Hall–Kier alpha value is -1.58. The first-order valence-corrected chi connectivity index (χ1v) is 7.85. The third-order valence-electron chi connectivity index (χ3n) is 3.77. The molecule has 0 fully saturated rings. The normalized spacial score (nSPS) is 13.7. The lowest BCUT2D eigenvalue weighted by Gasteiger charge is -2.31. The zero-order chi connectivity index (χ0) is 14.7. The van der Waals surface area contributed by atoms with Crippen molar-refractivity contribution >= 4 is 28.9 Å². The minimum atomic E-state index is 0.730. The fourth-order valence-electron chi connectivity index (χ4n) is 2.56. The summed E-state index contributed by atoms with van der Waals surface area (Å²) in [6.45, 7) is 2.60. The van der Waals surface area contributed by atoms with Crippen molar-refractivity contribution in [2.24, 2.45) is 0 Å². The van der Waals surface area contributed by atoms with Crippen LogP contribution in [0.15, 0.2) is 48.5 Å². The maximum atomic E-state index is 5.89. The van der Waals surface area contributed by atoms with Crippen LogP contribution in [0, 0.1) is 0 Å². The number of benzene rings is 2. The minimum Gasteiger partial charge on any atom is -0.358 e. The van der Waals surface area contributed by atoms with Gasteiger partial charge in [0.2, 0.25) is 0 Å². The number of nitrogens with zero attached hydrogens (tertiary/aromatic N) is 1. The summed E-state index contributed by atoms with van der Waals surface area (Å²) in [5.74, 6) is 0. The van der Waals surface area contributed by atoms with Gasteiger partial charge in [0.05, 0.1) is 0 Å². The van der Waals surface area contributed by atoms with Crippen molar-refractivity contribution in [1.82, 2.24) is 10.2 Å². The average molecular weight is 317 g/mol. The Morgan fingerprint density at radius 2 is 1.81 bits per heavy atom. The number of nitrogens with one attached hydrogen (secondary N) is 1. The molecule has 0 aromatic heterocycles. The van der Waals surface area contributed by atoms with Gasteiger partial charge in [0.1, 0.15) is 0 Å². The Kier molecular flexibility index (Phi) is 4.42. The minimum absolute atomic E-state index is 0.730. The summed E-state index contributed by atoms with van der Waals surface area (Å²) in [4.78, 5) is 2.23. The maximum Gasteiger partial charge on any atom is 0.169 e. The Bertz CT molecular complexity index is 639. The molecule has 4 heteroatoms. The molecular weight excluding hydrogens is 300 g/mol. The Morgan fingerprint density at radius 3 is 2.57 bits per heavy atom. The summed E-state index contributed by atoms with van der Waals surface area (Å²) in [5, 5.41) is 4.91. The molecule has 2 aromatic rings. The second kappa shape index (κ2) is 6.46. The largest absolute Gasteiger partial charge is 0.358 e. The first-order chi connectivity index (χ1) is 10.2. The third kappa shape index (κ3) is 3.55. The number of halogens is 1. The van der Waals surface area contributed by atoms with Crippen molar-refractivity contribution in [3.63, 3.8) is 0 Å². The number of hydrogen-bond acceptors (Lipinski definition) is 1. The molecule has 2 nitrogen and oxygen atoms in total. The first-order valence-electron chi connectivity index (χ1n) is 7.06. The molecule has 0 radical (unpaired) electrons. The van der Waals surface area contributed by atoms with Crippen molar-refractivity contribution in [3.05, 3.63) is 70.2 Å². The number of hydrogen-bond donors (Lipinski definition) is 1. The molecule has 0 atom stereocenters. The molecule has 0 saturated carbocycles. The van der Waals surface area contributed by atoms with Crippen LogP contribution in [0.1, 0.15) is 16.7 Å². The quantitative estimate of drug-likeness (QED) is 0.849. The van der Waals surface area contributed by atoms with Crippen LogP contribution in [0.25, 0.3) is 0 Å². The summed E-state index contributed by atoms with van der Waals surface area (Å²) < 4.78 is 0. The van der Waals surface area contributed by atoms with Crippen molar-refractivity contribution in [2.45, 2.75) is 19.5 Å². The molecule has 3 rings (SSSR count). The Morgan fingerprint density at radius 1 is 1.10 bits per heavy atom. The van der Waals surface area contributed by atoms with Crippen molar-refractivity contribution in [2.75, 3.05) is 6.54 Å². The molecule has 0 spiro atoms. The zero-order valence-electron chi connectivity index (χ0n) is 11.7. The van der Waals surface area contributed by atoms with Crippen LogP contribution in [-0.2, 0) is 19.5 Å². The predicted octanol–water partition coefficient (Wildman–Crippen LogP) is 3.77. The van der Waals surface area contributed by atoms with Crippen LogP contribution >= 0.6 is 23.8 Å². The van der Waals surface area contributed by atoms with E-state index in [2.05, 4.69) is 34.5 Å². The van der Waals surface area contributed by atoms with Crippen LogP contribution in [0.5, 0.6) is 0 Å². The van der Waals surface area contributed by atoms with Gasteiger partial charge in [-0.2, -0.15) is 0 Å². The van der Waals surface area contributed by atoms with Gasteiger partial charge in [-0.25, -0.2) is 0 Å². The molecule has 0 saturated heterocycles. The number of fused-ring (bicyclic) bond motifs is 1. The molecule has 108 valence electrons. The molecule has 21 heavy (non-hydrogen) atoms. The predicted molar refractivity (Wildman–Crippen MR) is 91.4 cm³/mol. The average Bonchev–Trinajstić information content (AvgIpc) is 2.53. The van der Waals surface area contributed by atoms with Gasteiger partial charge < -0.3 is 10.2 Å². The van der Waals surface area contributed by atoms with Crippen LogP contribution in [0.4, 0.5) is 0 Å². The van der Waals surface area contributed by atoms with E-state index in [1.165, 1.54) is 16.7 Å². The van der Waals surface area contributed by atoms with E-state index in [-0.39, 0.29) is 0 Å². The molecule has 0 amide bonds. The van der Waals surface area contributed by atoms with Gasteiger partial charge in [-0.3, -0.25) is 0 Å². The lowest BCUT2D eigenvalue weighted by atomic mass is 10.0. The summed E-state index contributed by atoms with van der Waals surface area (Å²) in [6.07, 6.45) is 1.05. The highest BCUT2D eigenvalue weighted by atomic mass is 35.5. The molecular formula is C17H17ClN2S. The van der Waals surface area contributed by atoms with E-state index in [4.69, 9.17) is 23.8 Å². The highest BCUT2D eigenvalue weighted by Crippen LogP contribution is 2.18. The van der Waals surface area contributed by atoms with Crippen LogP contribution in [-0.4, -0.2) is 16.6 Å². The highest BCUT2D eigenvalue weighted by Gasteiger charge is 2.17. The summed E-state index contributed by atoms with van der Waals surface area (Å²) in [5.41, 5.74) is 3.99. The van der Waals surface area contributed by atoms with Gasteiger partial charge >= 0.3 is 0 Å². The molecule has 1 heterocycles. The lowest BCUT2D eigenvalue weighted by molar-refractivity contribution is 0.387. The zero-order valence-corrected chi connectivity index (χ0v) is 13.3. The second-order valence-corrected chi connectivity index (χ2v) is 6.05. The van der Waals surface area contributed by atoms with Gasteiger partial charge in [0.25, 0.3) is 0 Å². The van der Waals surface area contributed by atoms with Gasteiger partial charge in [-0.15, -0.1) is 0 Å². The van der Waals surface area contributed by atoms with Crippen molar-refractivity contribution in [1.29, 1.82) is 0 Å². The molecule has 0 unspecified atom stereocenters. The highest BCUT2D eigenvalue weighted by molar-refractivity contribution is 7.80. The number of thiocarbonyl (C=S) groups is 1. The topological polar surface area (TPSA) is 15.3 Å². The fraction of sp³-hybridized carbons (Fsp3) is 0.235. The Balaban J connectivity index is 1.58. The molecule has 0 aliphatic carbocycles. The van der Waals surface area contributed by atoms with E-state index >= 15 is 0 Å². The third-order valence-corrected chi connectivity index (χ3v) is 4.43. The van der Waals surface area contributed by atoms with E-state index in [9.17, 15) is 0 Å². The molecule has 2 aromatic carbocycles.